The Morgan fingerprint density at radius 3 is 2.55 bits per heavy atom. The molecule has 0 aliphatic heterocycles. The topological polar surface area (TPSA) is 49.7 Å². The normalized spacial score (nSPS) is 12.9. The SMILES string of the molecule is C=CC(=N/C=C(\C)F)C(=O)O. The first-order chi connectivity index (χ1) is 5.07. The lowest BCUT2D eigenvalue weighted by Crippen LogP contribution is -2.08. The Morgan fingerprint density at radius 2 is 2.27 bits per heavy atom. The summed E-state index contributed by atoms with van der Waals surface area (Å²) in [5, 5.41) is 8.33. The predicted molar refractivity (Wildman–Crippen MR) is 40.1 cm³/mol. The number of halogens is 1. The summed E-state index contributed by atoms with van der Waals surface area (Å²) in [4.78, 5) is 13.5. The van der Waals surface area contributed by atoms with E-state index in [1.807, 2.05) is 0 Å². The van der Waals surface area contributed by atoms with Gasteiger partial charge in [0.25, 0.3) is 0 Å². The van der Waals surface area contributed by atoms with E-state index in [0.717, 1.165) is 12.3 Å². The summed E-state index contributed by atoms with van der Waals surface area (Å²) in [6.45, 7) is 4.37. The average molecular weight is 157 g/mol. The van der Waals surface area contributed by atoms with Crippen molar-refractivity contribution in [3.05, 3.63) is 24.7 Å². The summed E-state index contributed by atoms with van der Waals surface area (Å²) in [6, 6.07) is 0. The summed E-state index contributed by atoms with van der Waals surface area (Å²) >= 11 is 0. The van der Waals surface area contributed by atoms with E-state index in [1.165, 1.54) is 6.92 Å². The minimum atomic E-state index is -1.22. The average Bonchev–Trinajstić information content (AvgIpc) is 1.87. The van der Waals surface area contributed by atoms with E-state index in [-0.39, 0.29) is 5.71 Å². The molecule has 1 N–H and O–H groups in total. The van der Waals surface area contributed by atoms with Gasteiger partial charge in [0.1, 0.15) is 11.5 Å². The molecule has 0 saturated carbocycles. The summed E-state index contributed by atoms with van der Waals surface area (Å²) in [7, 11) is 0. The van der Waals surface area contributed by atoms with Crippen LogP contribution in [0.4, 0.5) is 4.39 Å². The first kappa shape index (κ1) is 9.55. The van der Waals surface area contributed by atoms with Gasteiger partial charge in [-0.1, -0.05) is 6.58 Å². The molecule has 3 nitrogen and oxygen atoms in total. The molecule has 0 spiro atoms. The molecule has 0 atom stereocenters. The highest BCUT2D eigenvalue weighted by atomic mass is 19.1. The van der Waals surface area contributed by atoms with Gasteiger partial charge in [-0.3, -0.25) is 0 Å². The molecule has 0 aliphatic rings. The van der Waals surface area contributed by atoms with Gasteiger partial charge in [-0.25, -0.2) is 14.2 Å². The monoisotopic (exact) mass is 157 g/mol. The van der Waals surface area contributed by atoms with Crippen molar-refractivity contribution in [1.29, 1.82) is 0 Å². The number of allylic oxidation sites excluding steroid dienone is 1. The van der Waals surface area contributed by atoms with E-state index in [4.69, 9.17) is 5.11 Å². The number of hydrogen-bond acceptors (Lipinski definition) is 2. The van der Waals surface area contributed by atoms with Crippen molar-refractivity contribution >= 4 is 11.7 Å². The van der Waals surface area contributed by atoms with Crippen molar-refractivity contribution in [3.63, 3.8) is 0 Å². The Kier molecular flexibility index (Phi) is 3.80. The standard InChI is InChI=1S/C7H8FNO2/c1-3-6(7(10)11)9-4-5(2)8/h3-4H,1H2,2H3,(H,10,11)/b5-4+,9-6?. The molecule has 0 radical (unpaired) electrons. The molecule has 0 rings (SSSR count). The number of hydrogen-bond donors (Lipinski definition) is 1. The summed E-state index contributed by atoms with van der Waals surface area (Å²) < 4.78 is 12.0. The maximum Gasteiger partial charge on any atom is 0.354 e. The zero-order valence-corrected chi connectivity index (χ0v) is 6.04. The van der Waals surface area contributed by atoms with Gasteiger partial charge in [0.2, 0.25) is 0 Å². The van der Waals surface area contributed by atoms with Crippen molar-refractivity contribution < 1.29 is 14.3 Å². The van der Waals surface area contributed by atoms with Crippen LogP contribution in [-0.4, -0.2) is 16.8 Å². The Morgan fingerprint density at radius 1 is 1.73 bits per heavy atom. The maximum atomic E-state index is 12.0. The van der Waals surface area contributed by atoms with Crippen LogP contribution in [0, 0.1) is 0 Å². The van der Waals surface area contributed by atoms with Gasteiger partial charge in [-0.15, -0.1) is 0 Å². The van der Waals surface area contributed by atoms with Crippen LogP contribution in [0.15, 0.2) is 29.7 Å². The van der Waals surface area contributed by atoms with Crippen molar-refractivity contribution in [3.8, 4) is 0 Å². The highest BCUT2D eigenvalue weighted by molar-refractivity contribution is 6.40. The molecule has 0 heterocycles. The zero-order valence-electron chi connectivity index (χ0n) is 6.04. The van der Waals surface area contributed by atoms with Gasteiger partial charge in [0.05, 0.1) is 6.20 Å². The molecular formula is C7H8FNO2. The Labute approximate surface area is 63.6 Å². The molecule has 60 valence electrons. The minimum absolute atomic E-state index is 0.276. The quantitative estimate of drug-likeness (QED) is 0.631. The fourth-order valence-corrected chi connectivity index (χ4v) is 0.354. The van der Waals surface area contributed by atoms with E-state index in [0.29, 0.717) is 0 Å². The van der Waals surface area contributed by atoms with Gasteiger partial charge in [-0.2, -0.15) is 0 Å². The lowest BCUT2D eigenvalue weighted by atomic mass is 10.4. The molecule has 0 aromatic carbocycles. The Hall–Kier alpha value is -1.45. The van der Waals surface area contributed by atoms with Crippen LogP contribution >= 0.6 is 0 Å². The lowest BCUT2D eigenvalue weighted by Gasteiger charge is -1.88. The minimum Gasteiger partial charge on any atom is -0.477 e. The number of carbonyl (C=O) groups is 1. The van der Waals surface area contributed by atoms with E-state index >= 15 is 0 Å². The molecule has 0 amide bonds. The molecule has 0 bridgehead atoms. The molecule has 0 fully saturated rings. The van der Waals surface area contributed by atoms with E-state index in [9.17, 15) is 9.18 Å². The van der Waals surface area contributed by atoms with Crippen LogP contribution < -0.4 is 0 Å². The van der Waals surface area contributed by atoms with Crippen LogP contribution in [0.1, 0.15) is 6.92 Å². The van der Waals surface area contributed by atoms with Crippen molar-refractivity contribution in [2.24, 2.45) is 4.99 Å². The highest BCUT2D eigenvalue weighted by Crippen LogP contribution is 1.93. The Bertz CT molecular complexity index is 227. The molecule has 4 heteroatoms. The smallest absolute Gasteiger partial charge is 0.354 e. The summed E-state index contributed by atoms with van der Waals surface area (Å²) in [5.74, 6) is -1.77. The first-order valence-electron chi connectivity index (χ1n) is 2.83. The number of nitrogens with zero attached hydrogens (tertiary/aromatic N) is 1. The number of rotatable bonds is 3. The second-order valence-corrected chi connectivity index (χ2v) is 1.74. The second-order valence-electron chi connectivity index (χ2n) is 1.74. The van der Waals surface area contributed by atoms with Gasteiger partial charge < -0.3 is 5.11 Å². The summed E-state index contributed by atoms with van der Waals surface area (Å²) in [6.07, 6.45) is 1.87. The molecule has 0 saturated heterocycles. The number of aliphatic imine (C=N–C) groups is 1. The van der Waals surface area contributed by atoms with E-state index < -0.39 is 11.8 Å². The van der Waals surface area contributed by atoms with Gasteiger partial charge in [0, 0.05) is 0 Å². The van der Waals surface area contributed by atoms with Gasteiger partial charge in [-0.05, 0) is 13.0 Å². The molecule has 0 aromatic heterocycles. The van der Waals surface area contributed by atoms with Crippen molar-refractivity contribution in [1.82, 2.24) is 0 Å². The van der Waals surface area contributed by atoms with Crippen LogP contribution in [0.3, 0.4) is 0 Å². The van der Waals surface area contributed by atoms with Crippen LogP contribution in [0.25, 0.3) is 0 Å². The maximum absolute atomic E-state index is 12.0. The molecule has 0 aromatic rings. The molecule has 0 aliphatic carbocycles. The third-order valence-corrected chi connectivity index (χ3v) is 0.794. The molecule has 0 unspecified atom stereocenters. The van der Waals surface area contributed by atoms with Crippen molar-refractivity contribution in [2.45, 2.75) is 6.92 Å². The predicted octanol–water partition coefficient (Wildman–Crippen LogP) is 1.53. The fourth-order valence-electron chi connectivity index (χ4n) is 0.354. The van der Waals surface area contributed by atoms with Crippen molar-refractivity contribution in [2.75, 3.05) is 0 Å². The second kappa shape index (κ2) is 4.38. The molecular weight excluding hydrogens is 149 g/mol. The largest absolute Gasteiger partial charge is 0.477 e. The highest BCUT2D eigenvalue weighted by Gasteiger charge is 2.01. The van der Waals surface area contributed by atoms with E-state index in [2.05, 4.69) is 11.6 Å². The van der Waals surface area contributed by atoms with E-state index in [1.54, 1.807) is 0 Å². The van der Waals surface area contributed by atoms with Crippen LogP contribution in [-0.2, 0) is 4.79 Å². The number of carboxylic acid groups (broad SMARTS) is 1. The van der Waals surface area contributed by atoms with Crippen LogP contribution in [0.5, 0.6) is 0 Å². The van der Waals surface area contributed by atoms with Gasteiger partial charge >= 0.3 is 5.97 Å². The zero-order chi connectivity index (χ0) is 8.85. The fraction of sp³-hybridized carbons (Fsp3) is 0.143. The lowest BCUT2D eigenvalue weighted by molar-refractivity contribution is -0.129. The summed E-state index contributed by atoms with van der Waals surface area (Å²) in [5.41, 5.74) is -0.276. The number of carboxylic acids is 1. The van der Waals surface area contributed by atoms with Gasteiger partial charge in [0.15, 0.2) is 0 Å². The third-order valence-electron chi connectivity index (χ3n) is 0.794. The molecule has 11 heavy (non-hydrogen) atoms. The Balaban J connectivity index is 4.50. The number of aliphatic carboxylic acids is 1. The first-order valence-corrected chi connectivity index (χ1v) is 2.83. The third kappa shape index (κ3) is 4.02. The van der Waals surface area contributed by atoms with Crippen LogP contribution in [0.2, 0.25) is 0 Å².